The summed E-state index contributed by atoms with van der Waals surface area (Å²) in [6, 6.07) is 4.01. The summed E-state index contributed by atoms with van der Waals surface area (Å²) in [6.45, 7) is 1.96. The van der Waals surface area contributed by atoms with Gasteiger partial charge in [-0.25, -0.2) is 4.79 Å². The van der Waals surface area contributed by atoms with Gasteiger partial charge in [0.1, 0.15) is 0 Å². The molecule has 0 spiro atoms. The third kappa shape index (κ3) is 3.86. The molecule has 1 aromatic carbocycles. The Bertz CT molecular complexity index is 979. The van der Waals surface area contributed by atoms with Crippen LogP contribution in [0.1, 0.15) is 40.2 Å². The number of aromatic nitrogens is 2. The Balaban J connectivity index is 1.51. The van der Waals surface area contributed by atoms with Crippen molar-refractivity contribution in [2.24, 2.45) is 7.05 Å². The number of rotatable bonds is 2. The van der Waals surface area contributed by atoms with Crippen LogP contribution >= 0.6 is 0 Å². The number of carbonyl (C=O) groups excluding carboxylic acids is 2. The Hall–Kier alpha value is -3.04. The Kier molecular flexibility index (Phi) is 5.17. The number of likely N-dealkylation sites (tertiary alicyclic amines) is 1. The summed E-state index contributed by atoms with van der Waals surface area (Å²) >= 11 is 0. The monoisotopic (exact) mass is 421 g/mol. The summed E-state index contributed by atoms with van der Waals surface area (Å²) in [5.74, 6) is -0.135. The van der Waals surface area contributed by atoms with Crippen molar-refractivity contribution in [1.29, 1.82) is 0 Å². The summed E-state index contributed by atoms with van der Waals surface area (Å²) in [5, 5.41) is 6.93. The SMILES string of the molecule is Cn1nc(C(=O)N2CCCC2)c2c1CCN(C(=O)Nc1cccc(C(F)(F)F)c1)C2. The number of fused-ring (bicyclic) bond motifs is 1. The van der Waals surface area contributed by atoms with Crippen LogP contribution in [-0.2, 0) is 26.2 Å². The molecular formula is C20H22F3N5O2. The van der Waals surface area contributed by atoms with E-state index in [1.165, 1.54) is 17.0 Å². The van der Waals surface area contributed by atoms with Crippen LogP contribution in [0.5, 0.6) is 0 Å². The van der Waals surface area contributed by atoms with E-state index in [9.17, 15) is 22.8 Å². The summed E-state index contributed by atoms with van der Waals surface area (Å²) in [5.41, 5.74) is 1.21. The summed E-state index contributed by atoms with van der Waals surface area (Å²) in [4.78, 5) is 28.8. The van der Waals surface area contributed by atoms with E-state index in [1.54, 1.807) is 16.6 Å². The summed E-state index contributed by atoms with van der Waals surface area (Å²) < 4.78 is 40.4. The molecule has 30 heavy (non-hydrogen) atoms. The van der Waals surface area contributed by atoms with Gasteiger partial charge in [-0.05, 0) is 31.0 Å². The van der Waals surface area contributed by atoms with Crippen LogP contribution in [0.4, 0.5) is 23.7 Å². The minimum atomic E-state index is -4.48. The number of anilines is 1. The predicted octanol–water partition coefficient (Wildman–Crippen LogP) is 3.27. The molecule has 1 fully saturated rings. The number of urea groups is 1. The molecule has 2 aromatic rings. The molecule has 160 valence electrons. The average Bonchev–Trinajstić information content (AvgIpc) is 3.35. The van der Waals surface area contributed by atoms with Crippen molar-refractivity contribution in [2.45, 2.75) is 32.0 Å². The average molecular weight is 421 g/mol. The number of hydrogen-bond acceptors (Lipinski definition) is 3. The standard InChI is InChI=1S/C20H22F3N5O2/c1-26-16-7-10-28(12-15(16)17(25-26)18(29)27-8-2-3-9-27)19(30)24-14-6-4-5-13(11-14)20(21,22)23/h4-6,11H,2-3,7-10,12H2,1H3,(H,24,30). The van der Waals surface area contributed by atoms with Gasteiger partial charge in [-0.1, -0.05) is 6.07 Å². The third-order valence-electron chi connectivity index (χ3n) is 5.57. The molecule has 1 N–H and O–H groups in total. The first-order valence-corrected chi connectivity index (χ1v) is 9.81. The molecule has 0 bridgehead atoms. The number of halogens is 3. The molecule has 0 atom stereocenters. The van der Waals surface area contributed by atoms with Crippen molar-refractivity contribution < 1.29 is 22.8 Å². The van der Waals surface area contributed by atoms with Crippen molar-refractivity contribution in [3.05, 3.63) is 46.8 Å². The lowest BCUT2D eigenvalue weighted by Crippen LogP contribution is -2.40. The van der Waals surface area contributed by atoms with Gasteiger partial charge in [-0.2, -0.15) is 18.3 Å². The van der Waals surface area contributed by atoms with E-state index in [2.05, 4.69) is 10.4 Å². The Morgan fingerprint density at radius 1 is 1.10 bits per heavy atom. The number of alkyl halides is 3. The number of nitrogens with zero attached hydrogens (tertiary/aromatic N) is 4. The van der Waals surface area contributed by atoms with Crippen LogP contribution < -0.4 is 5.32 Å². The van der Waals surface area contributed by atoms with Crippen LogP contribution in [0.3, 0.4) is 0 Å². The second-order valence-corrected chi connectivity index (χ2v) is 7.58. The van der Waals surface area contributed by atoms with E-state index in [0.29, 0.717) is 37.3 Å². The van der Waals surface area contributed by atoms with Gasteiger partial charge in [0, 0.05) is 50.0 Å². The fourth-order valence-corrected chi connectivity index (χ4v) is 3.98. The number of nitrogens with one attached hydrogen (secondary N) is 1. The lowest BCUT2D eigenvalue weighted by Gasteiger charge is -2.28. The normalized spacial score (nSPS) is 16.5. The Morgan fingerprint density at radius 2 is 1.83 bits per heavy atom. The molecule has 0 saturated carbocycles. The van der Waals surface area contributed by atoms with E-state index < -0.39 is 17.8 Å². The third-order valence-corrected chi connectivity index (χ3v) is 5.57. The molecule has 0 unspecified atom stereocenters. The molecule has 4 rings (SSSR count). The maximum absolute atomic E-state index is 12.9. The number of amides is 3. The van der Waals surface area contributed by atoms with Gasteiger partial charge in [-0.15, -0.1) is 0 Å². The predicted molar refractivity (Wildman–Crippen MR) is 103 cm³/mol. The zero-order chi connectivity index (χ0) is 21.5. The quantitative estimate of drug-likeness (QED) is 0.809. The smallest absolute Gasteiger partial charge is 0.337 e. The molecule has 3 heterocycles. The largest absolute Gasteiger partial charge is 0.416 e. The van der Waals surface area contributed by atoms with Crippen LogP contribution in [-0.4, -0.2) is 51.2 Å². The number of hydrogen-bond donors (Lipinski definition) is 1. The van der Waals surface area contributed by atoms with Gasteiger partial charge < -0.3 is 15.1 Å². The van der Waals surface area contributed by atoms with Gasteiger partial charge in [0.15, 0.2) is 5.69 Å². The maximum Gasteiger partial charge on any atom is 0.416 e. The second kappa shape index (κ2) is 7.66. The molecule has 0 aliphatic carbocycles. The van der Waals surface area contributed by atoms with Crippen molar-refractivity contribution in [3.8, 4) is 0 Å². The summed E-state index contributed by atoms with van der Waals surface area (Å²) in [7, 11) is 1.78. The molecule has 0 radical (unpaired) electrons. The van der Waals surface area contributed by atoms with Crippen LogP contribution in [0.25, 0.3) is 0 Å². The number of carbonyl (C=O) groups is 2. The van der Waals surface area contributed by atoms with Gasteiger partial charge in [-0.3, -0.25) is 9.48 Å². The minimum Gasteiger partial charge on any atom is -0.337 e. The topological polar surface area (TPSA) is 70.5 Å². The molecule has 1 saturated heterocycles. The van der Waals surface area contributed by atoms with Gasteiger partial charge in [0.05, 0.1) is 12.1 Å². The van der Waals surface area contributed by atoms with Crippen LogP contribution in [0.15, 0.2) is 24.3 Å². The van der Waals surface area contributed by atoms with E-state index in [-0.39, 0.29) is 18.1 Å². The lowest BCUT2D eigenvalue weighted by atomic mass is 10.0. The zero-order valence-electron chi connectivity index (χ0n) is 16.5. The van der Waals surface area contributed by atoms with Crippen LogP contribution in [0, 0.1) is 0 Å². The first-order chi connectivity index (χ1) is 14.2. The van der Waals surface area contributed by atoms with E-state index in [0.717, 1.165) is 30.7 Å². The second-order valence-electron chi connectivity index (χ2n) is 7.58. The molecule has 2 aliphatic heterocycles. The molecule has 3 amide bonds. The highest BCUT2D eigenvalue weighted by atomic mass is 19.4. The highest BCUT2D eigenvalue weighted by molar-refractivity contribution is 5.95. The zero-order valence-corrected chi connectivity index (χ0v) is 16.5. The van der Waals surface area contributed by atoms with Crippen molar-refractivity contribution >= 4 is 17.6 Å². The maximum atomic E-state index is 12.9. The van der Waals surface area contributed by atoms with E-state index in [4.69, 9.17) is 0 Å². The van der Waals surface area contributed by atoms with Crippen molar-refractivity contribution in [3.63, 3.8) is 0 Å². The Labute approximate surface area is 171 Å². The first-order valence-electron chi connectivity index (χ1n) is 9.81. The molecule has 2 aliphatic rings. The van der Waals surface area contributed by atoms with E-state index in [1.807, 2.05) is 0 Å². The Morgan fingerprint density at radius 3 is 2.53 bits per heavy atom. The van der Waals surface area contributed by atoms with Gasteiger partial charge >= 0.3 is 12.2 Å². The molecule has 1 aromatic heterocycles. The van der Waals surface area contributed by atoms with Crippen molar-refractivity contribution in [1.82, 2.24) is 19.6 Å². The minimum absolute atomic E-state index is 0.0696. The fraction of sp³-hybridized carbons (Fsp3) is 0.450. The van der Waals surface area contributed by atoms with Gasteiger partial charge in [0.25, 0.3) is 5.91 Å². The molecule has 7 nitrogen and oxygen atoms in total. The molecular weight excluding hydrogens is 399 g/mol. The summed E-state index contributed by atoms with van der Waals surface area (Å²) in [6.07, 6.45) is -2.04. The van der Waals surface area contributed by atoms with Gasteiger partial charge in [0.2, 0.25) is 0 Å². The van der Waals surface area contributed by atoms with Crippen LogP contribution in [0.2, 0.25) is 0 Å². The fourth-order valence-electron chi connectivity index (χ4n) is 3.98. The number of aryl methyl sites for hydroxylation is 1. The number of benzene rings is 1. The molecule has 10 heteroatoms. The lowest BCUT2D eigenvalue weighted by molar-refractivity contribution is -0.137. The highest BCUT2D eigenvalue weighted by Crippen LogP contribution is 2.31. The van der Waals surface area contributed by atoms with E-state index >= 15 is 0 Å². The highest BCUT2D eigenvalue weighted by Gasteiger charge is 2.33. The van der Waals surface area contributed by atoms with Crippen molar-refractivity contribution in [2.75, 3.05) is 25.0 Å². The first kappa shape index (κ1) is 20.2.